The fourth-order valence-corrected chi connectivity index (χ4v) is 2.28. The van der Waals surface area contributed by atoms with Gasteiger partial charge in [-0.25, -0.2) is 0 Å². The Kier molecular flexibility index (Phi) is 6.49. The van der Waals surface area contributed by atoms with Crippen LogP contribution in [0, 0.1) is 0 Å². The van der Waals surface area contributed by atoms with Crippen molar-refractivity contribution < 1.29 is 14.6 Å². The average molecular weight is 295 g/mol. The van der Waals surface area contributed by atoms with Crippen molar-refractivity contribution in [2.45, 2.75) is 52.9 Å². The summed E-state index contributed by atoms with van der Waals surface area (Å²) in [5.74, 6) is 1.55. The normalized spacial score (nSPS) is 12.0. The summed E-state index contributed by atoms with van der Waals surface area (Å²) in [4.78, 5) is 2.20. The Labute approximate surface area is 128 Å². The van der Waals surface area contributed by atoms with E-state index in [0.29, 0.717) is 6.54 Å². The fraction of sp³-hybridized carbons (Fsp3) is 0.647. The van der Waals surface area contributed by atoms with E-state index in [2.05, 4.69) is 11.8 Å². The topological polar surface area (TPSA) is 41.9 Å². The van der Waals surface area contributed by atoms with Crippen LogP contribution in [0.25, 0.3) is 0 Å². The Hall–Kier alpha value is -1.26. The van der Waals surface area contributed by atoms with Gasteiger partial charge in [0.25, 0.3) is 0 Å². The van der Waals surface area contributed by atoms with E-state index in [0.717, 1.165) is 30.2 Å². The van der Waals surface area contributed by atoms with Crippen molar-refractivity contribution in [3.05, 3.63) is 23.8 Å². The summed E-state index contributed by atoms with van der Waals surface area (Å²) in [7, 11) is 1.65. The molecule has 1 rings (SSSR count). The SMILES string of the molecule is CCN(Cc1cccc(OC)c1OC(C)C)CC(C)(C)O. The lowest BCUT2D eigenvalue weighted by atomic mass is 10.1. The summed E-state index contributed by atoms with van der Waals surface area (Å²) in [6.45, 7) is 12.0. The van der Waals surface area contributed by atoms with E-state index in [9.17, 15) is 5.11 Å². The molecule has 0 heterocycles. The molecular weight excluding hydrogens is 266 g/mol. The van der Waals surface area contributed by atoms with Crippen LogP contribution in [0.3, 0.4) is 0 Å². The molecule has 0 amide bonds. The fourth-order valence-electron chi connectivity index (χ4n) is 2.28. The lowest BCUT2D eigenvalue weighted by molar-refractivity contribution is 0.0349. The summed E-state index contributed by atoms with van der Waals surface area (Å²) in [6, 6.07) is 5.93. The van der Waals surface area contributed by atoms with Crippen molar-refractivity contribution in [1.29, 1.82) is 0 Å². The van der Waals surface area contributed by atoms with Gasteiger partial charge in [-0.15, -0.1) is 0 Å². The quantitative estimate of drug-likeness (QED) is 0.800. The molecule has 21 heavy (non-hydrogen) atoms. The Balaban J connectivity index is 3.00. The lowest BCUT2D eigenvalue weighted by Gasteiger charge is -2.29. The zero-order valence-corrected chi connectivity index (χ0v) is 14.1. The maximum absolute atomic E-state index is 10.0. The van der Waals surface area contributed by atoms with E-state index in [1.807, 2.05) is 45.9 Å². The zero-order chi connectivity index (χ0) is 16.0. The first kappa shape index (κ1) is 17.8. The van der Waals surface area contributed by atoms with Crippen molar-refractivity contribution >= 4 is 0 Å². The Morgan fingerprint density at radius 3 is 2.43 bits per heavy atom. The second kappa shape index (κ2) is 7.66. The number of para-hydroxylation sites is 1. The maximum atomic E-state index is 10.0. The predicted molar refractivity (Wildman–Crippen MR) is 86.0 cm³/mol. The number of methoxy groups -OCH3 is 1. The number of rotatable bonds is 8. The zero-order valence-electron chi connectivity index (χ0n) is 14.1. The molecule has 0 aliphatic rings. The van der Waals surface area contributed by atoms with Gasteiger partial charge in [-0.05, 0) is 40.3 Å². The lowest BCUT2D eigenvalue weighted by Crippen LogP contribution is -2.38. The molecular formula is C17H29NO3. The smallest absolute Gasteiger partial charge is 0.166 e. The molecule has 4 heteroatoms. The van der Waals surface area contributed by atoms with Crippen LogP contribution in [0.4, 0.5) is 0 Å². The number of aliphatic hydroxyl groups is 1. The predicted octanol–water partition coefficient (Wildman–Crippen LogP) is 3.08. The standard InChI is InChI=1S/C17H29NO3/c1-7-18(12-17(4,5)19)11-14-9-8-10-15(20-6)16(14)21-13(2)3/h8-10,13,19H,7,11-12H2,1-6H3. The number of hydrogen-bond donors (Lipinski definition) is 1. The molecule has 0 radical (unpaired) electrons. The molecule has 4 nitrogen and oxygen atoms in total. The molecule has 0 unspecified atom stereocenters. The first-order chi connectivity index (χ1) is 9.76. The molecule has 0 bridgehead atoms. The van der Waals surface area contributed by atoms with Gasteiger partial charge < -0.3 is 14.6 Å². The summed E-state index contributed by atoms with van der Waals surface area (Å²) in [5.41, 5.74) is 0.364. The van der Waals surface area contributed by atoms with E-state index in [4.69, 9.17) is 9.47 Å². The Bertz CT molecular complexity index is 438. The van der Waals surface area contributed by atoms with Crippen LogP contribution in [-0.2, 0) is 6.54 Å². The van der Waals surface area contributed by atoms with Crippen molar-refractivity contribution in [1.82, 2.24) is 4.90 Å². The third kappa shape index (κ3) is 5.94. The second-order valence-electron chi connectivity index (χ2n) is 6.23. The van der Waals surface area contributed by atoms with Crippen molar-refractivity contribution in [3.63, 3.8) is 0 Å². The molecule has 0 aliphatic carbocycles. The average Bonchev–Trinajstić information content (AvgIpc) is 2.37. The number of hydrogen-bond acceptors (Lipinski definition) is 4. The number of benzene rings is 1. The van der Waals surface area contributed by atoms with Gasteiger partial charge in [-0.1, -0.05) is 19.1 Å². The summed E-state index contributed by atoms with van der Waals surface area (Å²) in [6.07, 6.45) is 0.0874. The highest BCUT2D eigenvalue weighted by Crippen LogP contribution is 2.33. The van der Waals surface area contributed by atoms with Gasteiger partial charge in [-0.3, -0.25) is 4.90 Å². The largest absolute Gasteiger partial charge is 0.493 e. The van der Waals surface area contributed by atoms with Gasteiger partial charge in [0.05, 0.1) is 18.8 Å². The van der Waals surface area contributed by atoms with Gasteiger partial charge in [0, 0.05) is 18.7 Å². The third-order valence-electron chi connectivity index (χ3n) is 3.09. The van der Waals surface area contributed by atoms with Crippen LogP contribution >= 0.6 is 0 Å². The van der Waals surface area contributed by atoms with Gasteiger partial charge in [-0.2, -0.15) is 0 Å². The van der Waals surface area contributed by atoms with Gasteiger partial charge in [0.15, 0.2) is 11.5 Å². The summed E-state index contributed by atoms with van der Waals surface area (Å²) in [5, 5.41) is 10.0. The highest BCUT2D eigenvalue weighted by atomic mass is 16.5. The van der Waals surface area contributed by atoms with E-state index in [1.54, 1.807) is 7.11 Å². The highest BCUT2D eigenvalue weighted by molar-refractivity contribution is 5.46. The van der Waals surface area contributed by atoms with E-state index >= 15 is 0 Å². The van der Waals surface area contributed by atoms with Crippen LogP contribution in [0.1, 0.15) is 40.2 Å². The van der Waals surface area contributed by atoms with Gasteiger partial charge >= 0.3 is 0 Å². The molecule has 1 N–H and O–H groups in total. The Morgan fingerprint density at radius 1 is 1.29 bits per heavy atom. The van der Waals surface area contributed by atoms with Gasteiger partial charge in [0.1, 0.15) is 0 Å². The molecule has 0 saturated carbocycles. The first-order valence-corrected chi connectivity index (χ1v) is 7.54. The monoisotopic (exact) mass is 295 g/mol. The number of ether oxygens (including phenoxy) is 2. The summed E-state index contributed by atoms with van der Waals surface area (Å²) < 4.78 is 11.3. The second-order valence-corrected chi connectivity index (χ2v) is 6.23. The molecule has 1 aromatic carbocycles. The molecule has 0 atom stereocenters. The number of likely N-dealkylation sites (N-methyl/N-ethyl adjacent to an activating group) is 1. The minimum atomic E-state index is -0.714. The van der Waals surface area contributed by atoms with Crippen molar-refractivity contribution in [3.8, 4) is 11.5 Å². The van der Waals surface area contributed by atoms with Crippen LogP contribution < -0.4 is 9.47 Å². The third-order valence-corrected chi connectivity index (χ3v) is 3.09. The van der Waals surface area contributed by atoms with E-state index in [1.165, 1.54) is 0 Å². The van der Waals surface area contributed by atoms with E-state index in [-0.39, 0.29) is 6.10 Å². The van der Waals surface area contributed by atoms with Gasteiger partial charge in [0.2, 0.25) is 0 Å². The molecule has 0 aromatic heterocycles. The number of nitrogens with zero attached hydrogens (tertiary/aromatic N) is 1. The molecule has 0 spiro atoms. The van der Waals surface area contributed by atoms with Crippen LogP contribution in [0.15, 0.2) is 18.2 Å². The maximum Gasteiger partial charge on any atom is 0.166 e. The molecule has 1 aromatic rings. The van der Waals surface area contributed by atoms with Crippen molar-refractivity contribution in [2.24, 2.45) is 0 Å². The molecule has 0 fully saturated rings. The van der Waals surface area contributed by atoms with Crippen LogP contribution in [0.2, 0.25) is 0 Å². The molecule has 0 saturated heterocycles. The summed E-state index contributed by atoms with van der Waals surface area (Å²) >= 11 is 0. The minimum absolute atomic E-state index is 0.0874. The minimum Gasteiger partial charge on any atom is -0.493 e. The molecule has 0 aliphatic heterocycles. The molecule has 120 valence electrons. The van der Waals surface area contributed by atoms with Crippen molar-refractivity contribution in [2.75, 3.05) is 20.2 Å². The van der Waals surface area contributed by atoms with Crippen LogP contribution in [-0.4, -0.2) is 41.9 Å². The van der Waals surface area contributed by atoms with Crippen LogP contribution in [0.5, 0.6) is 11.5 Å². The first-order valence-electron chi connectivity index (χ1n) is 7.54. The van der Waals surface area contributed by atoms with E-state index < -0.39 is 5.60 Å². The Morgan fingerprint density at radius 2 is 1.95 bits per heavy atom. The highest BCUT2D eigenvalue weighted by Gasteiger charge is 2.20.